The first kappa shape index (κ1) is 17.1. The van der Waals surface area contributed by atoms with Gasteiger partial charge in [-0.15, -0.1) is 0 Å². The van der Waals surface area contributed by atoms with Crippen LogP contribution in [0.4, 0.5) is 0 Å². The Hall–Kier alpha value is -2.74. The number of rotatable bonds is 5. The molecule has 0 aromatic heterocycles. The molecule has 0 fully saturated rings. The van der Waals surface area contributed by atoms with Gasteiger partial charge in [-0.25, -0.2) is 4.99 Å². The maximum Gasteiger partial charge on any atom is 0.184 e. The number of aliphatic imine (C=N–C) groups is 2. The average Bonchev–Trinajstić information content (AvgIpc) is 3.11. The molecule has 8 nitrogen and oxygen atoms in total. The van der Waals surface area contributed by atoms with E-state index in [1.807, 2.05) is 12.1 Å². The molecule has 0 aliphatic carbocycles. The minimum absolute atomic E-state index is 0.231. The minimum atomic E-state index is -0.555. The van der Waals surface area contributed by atoms with E-state index in [9.17, 15) is 0 Å². The number of nitrogens with two attached hydrogens (primary N) is 2. The van der Waals surface area contributed by atoms with E-state index in [1.165, 1.54) is 0 Å². The second kappa shape index (κ2) is 7.02. The summed E-state index contributed by atoms with van der Waals surface area (Å²) in [7, 11) is 1.65. The molecule has 2 aliphatic rings. The number of benzene rings is 1. The Morgan fingerprint density at radius 2 is 2.08 bits per heavy atom. The van der Waals surface area contributed by atoms with Gasteiger partial charge in [-0.1, -0.05) is 13.8 Å². The smallest absolute Gasteiger partial charge is 0.184 e. The maximum absolute atomic E-state index is 6.06. The molecular weight excluding hydrogens is 320 g/mol. The molecule has 0 spiro atoms. The van der Waals surface area contributed by atoms with Gasteiger partial charge in [0, 0.05) is 18.3 Å². The SMILES string of the molecule is COc1cc(C(C)C)c(OC2=CNC(N)N=C2N)cc1C1=NCCN1. The van der Waals surface area contributed by atoms with Crippen molar-refractivity contribution in [2.75, 3.05) is 20.2 Å². The summed E-state index contributed by atoms with van der Waals surface area (Å²) >= 11 is 0. The lowest BCUT2D eigenvalue weighted by Gasteiger charge is -2.22. The lowest BCUT2D eigenvalue weighted by Crippen LogP contribution is -2.40. The summed E-state index contributed by atoms with van der Waals surface area (Å²) in [5, 5.41) is 6.15. The molecule has 0 saturated heterocycles. The molecule has 3 rings (SSSR count). The lowest BCUT2D eigenvalue weighted by molar-refractivity contribution is 0.405. The molecule has 134 valence electrons. The largest absolute Gasteiger partial charge is 0.496 e. The van der Waals surface area contributed by atoms with Gasteiger partial charge in [0.15, 0.2) is 17.9 Å². The maximum atomic E-state index is 6.06. The van der Waals surface area contributed by atoms with Gasteiger partial charge < -0.3 is 25.8 Å². The van der Waals surface area contributed by atoms with Crippen molar-refractivity contribution in [3.05, 3.63) is 35.2 Å². The standard InChI is InChI=1S/C17H24N6O2/c1-9(2)10-6-12(24-3)11(16-20-4-5-21-16)7-13(10)25-14-8-22-17(19)23-15(14)18/h6-9,17,22H,4-5,19H2,1-3H3,(H2,18,23)(H,20,21). The minimum Gasteiger partial charge on any atom is -0.496 e. The molecular formula is C17H24N6O2. The molecule has 0 bridgehead atoms. The zero-order valence-electron chi connectivity index (χ0n) is 14.7. The highest BCUT2D eigenvalue weighted by Crippen LogP contribution is 2.35. The summed E-state index contributed by atoms with van der Waals surface area (Å²) in [6.45, 7) is 5.74. The Bertz CT molecular complexity index is 754. The van der Waals surface area contributed by atoms with Crippen molar-refractivity contribution in [1.82, 2.24) is 10.6 Å². The van der Waals surface area contributed by atoms with Crippen LogP contribution in [0.3, 0.4) is 0 Å². The van der Waals surface area contributed by atoms with Crippen LogP contribution in [0, 0.1) is 0 Å². The summed E-state index contributed by atoms with van der Waals surface area (Å²) in [6.07, 6.45) is 1.08. The summed E-state index contributed by atoms with van der Waals surface area (Å²) < 4.78 is 11.6. The van der Waals surface area contributed by atoms with E-state index in [0.29, 0.717) is 11.5 Å². The second-order valence-corrected chi connectivity index (χ2v) is 6.14. The van der Waals surface area contributed by atoms with Crippen LogP contribution in [0.15, 0.2) is 34.1 Å². The van der Waals surface area contributed by atoms with Crippen molar-refractivity contribution < 1.29 is 9.47 Å². The van der Waals surface area contributed by atoms with Crippen molar-refractivity contribution in [3.8, 4) is 11.5 Å². The number of methoxy groups -OCH3 is 1. The van der Waals surface area contributed by atoms with Gasteiger partial charge in [-0.05, 0) is 18.1 Å². The van der Waals surface area contributed by atoms with E-state index in [0.717, 1.165) is 35.8 Å². The Balaban J connectivity index is 2.02. The summed E-state index contributed by atoms with van der Waals surface area (Å²) in [5.74, 6) is 3.16. The van der Waals surface area contributed by atoms with E-state index in [2.05, 4.69) is 34.5 Å². The molecule has 2 aliphatic heterocycles. The van der Waals surface area contributed by atoms with Gasteiger partial charge in [0.05, 0.1) is 19.2 Å². The molecule has 8 heteroatoms. The van der Waals surface area contributed by atoms with Gasteiger partial charge >= 0.3 is 0 Å². The third-order valence-corrected chi connectivity index (χ3v) is 4.02. The van der Waals surface area contributed by atoms with Crippen molar-refractivity contribution in [1.29, 1.82) is 0 Å². The fourth-order valence-electron chi connectivity index (χ4n) is 2.73. The number of nitrogens with zero attached hydrogens (tertiary/aromatic N) is 2. The molecule has 6 N–H and O–H groups in total. The molecule has 1 unspecified atom stereocenters. The van der Waals surface area contributed by atoms with Gasteiger partial charge in [-0.2, -0.15) is 0 Å². The molecule has 1 aromatic carbocycles. The van der Waals surface area contributed by atoms with Crippen molar-refractivity contribution in [3.63, 3.8) is 0 Å². The predicted octanol–water partition coefficient (Wildman–Crippen LogP) is 0.591. The Kier molecular flexibility index (Phi) is 4.80. The van der Waals surface area contributed by atoms with Crippen LogP contribution in [-0.2, 0) is 0 Å². The van der Waals surface area contributed by atoms with E-state index in [-0.39, 0.29) is 11.8 Å². The zero-order valence-corrected chi connectivity index (χ0v) is 14.7. The number of hydrogen-bond acceptors (Lipinski definition) is 8. The highest BCUT2D eigenvalue weighted by molar-refractivity contribution is 6.02. The number of ether oxygens (including phenoxy) is 2. The zero-order chi connectivity index (χ0) is 18.0. The third kappa shape index (κ3) is 3.53. The highest BCUT2D eigenvalue weighted by Gasteiger charge is 2.21. The summed E-state index contributed by atoms with van der Waals surface area (Å²) in [5.41, 5.74) is 13.5. The molecule has 0 amide bonds. The number of nitrogens with one attached hydrogen (secondary N) is 2. The van der Waals surface area contributed by atoms with Crippen molar-refractivity contribution in [2.24, 2.45) is 21.5 Å². The molecule has 0 radical (unpaired) electrons. The quantitative estimate of drug-likeness (QED) is 0.621. The van der Waals surface area contributed by atoms with Crippen LogP contribution in [-0.4, -0.2) is 38.2 Å². The molecule has 1 aromatic rings. The van der Waals surface area contributed by atoms with Crippen LogP contribution in [0.25, 0.3) is 0 Å². The third-order valence-electron chi connectivity index (χ3n) is 4.02. The fourth-order valence-corrected chi connectivity index (χ4v) is 2.73. The summed E-state index contributed by atoms with van der Waals surface area (Å²) in [6, 6.07) is 3.90. The molecule has 2 heterocycles. The highest BCUT2D eigenvalue weighted by atomic mass is 16.5. The van der Waals surface area contributed by atoms with E-state index in [4.69, 9.17) is 20.9 Å². The number of hydrogen-bond donors (Lipinski definition) is 4. The van der Waals surface area contributed by atoms with Crippen LogP contribution in [0.5, 0.6) is 11.5 Å². The normalized spacial score (nSPS) is 19.6. The first-order valence-electron chi connectivity index (χ1n) is 8.23. The van der Waals surface area contributed by atoms with Crippen LogP contribution in [0.1, 0.15) is 30.9 Å². The Morgan fingerprint density at radius 1 is 1.28 bits per heavy atom. The van der Waals surface area contributed by atoms with Gasteiger partial charge in [-0.3, -0.25) is 10.7 Å². The Labute approximate surface area is 147 Å². The Morgan fingerprint density at radius 3 is 2.68 bits per heavy atom. The van der Waals surface area contributed by atoms with Crippen LogP contribution < -0.4 is 31.6 Å². The average molecular weight is 344 g/mol. The summed E-state index contributed by atoms with van der Waals surface area (Å²) in [4.78, 5) is 8.56. The molecule has 25 heavy (non-hydrogen) atoms. The van der Waals surface area contributed by atoms with Crippen LogP contribution in [0.2, 0.25) is 0 Å². The van der Waals surface area contributed by atoms with Gasteiger partial charge in [0.25, 0.3) is 0 Å². The van der Waals surface area contributed by atoms with E-state index < -0.39 is 6.29 Å². The monoisotopic (exact) mass is 344 g/mol. The first-order chi connectivity index (χ1) is 12.0. The fraction of sp³-hybridized carbons (Fsp3) is 0.412. The van der Waals surface area contributed by atoms with Gasteiger partial charge in [0.1, 0.15) is 17.3 Å². The first-order valence-corrected chi connectivity index (χ1v) is 8.23. The van der Waals surface area contributed by atoms with Crippen LogP contribution >= 0.6 is 0 Å². The predicted molar refractivity (Wildman–Crippen MR) is 97.9 cm³/mol. The number of amidine groups is 2. The molecule has 0 saturated carbocycles. The van der Waals surface area contributed by atoms with Gasteiger partial charge in [0.2, 0.25) is 0 Å². The van der Waals surface area contributed by atoms with Crippen molar-refractivity contribution >= 4 is 11.7 Å². The topological polar surface area (TPSA) is 119 Å². The molecule has 1 atom stereocenters. The van der Waals surface area contributed by atoms with Crippen molar-refractivity contribution in [2.45, 2.75) is 26.1 Å². The second-order valence-electron chi connectivity index (χ2n) is 6.14. The van der Waals surface area contributed by atoms with E-state index >= 15 is 0 Å². The lowest BCUT2D eigenvalue weighted by atomic mass is 9.99. The van der Waals surface area contributed by atoms with E-state index in [1.54, 1.807) is 13.3 Å².